The van der Waals surface area contributed by atoms with Crippen LogP contribution >= 0.6 is 0 Å². The lowest BCUT2D eigenvalue weighted by atomic mass is 9.84. The van der Waals surface area contributed by atoms with E-state index in [1.54, 1.807) is 24.3 Å². The molecule has 3 saturated carbocycles. The number of carbonyl (C=O) groups is 1. The first kappa shape index (κ1) is 20.8. The van der Waals surface area contributed by atoms with Crippen molar-refractivity contribution in [3.8, 4) is 0 Å². The van der Waals surface area contributed by atoms with E-state index < -0.39 is 10.0 Å². The van der Waals surface area contributed by atoms with Gasteiger partial charge in [-0.25, -0.2) is 13.1 Å². The van der Waals surface area contributed by atoms with Crippen molar-refractivity contribution in [2.45, 2.75) is 75.3 Å². The Bertz CT molecular complexity index is 818. The van der Waals surface area contributed by atoms with E-state index in [2.05, 4.69) is 10.0 Å². The maximum absolute atomic E-state index is 12.8. The van der Waals surface area contributed by atoms with Gasteiger partial charge >= 0.3 is 0 Å². The van der Waals surface area contributed by atoms with Crippen molar-refractivity contribution in [1.29, 1.82) is 0 Å². The van der Waals surface area contributed by atoms with Gasteiger partial charge in [0.05, 0.1) is 11.0 Å². The number of sulfonamides is 1. The maximum Gasteiger partial charge on any atom is 0.250 e. The molecule has 0 spiro atoms. The van der Waals surface area contributed by atoms with Gasteiger partial charge in [-0.05, 0) is 81.0 Å². The number of amides is 1. The Morgan fingerprint density at radius 2 is 1.83 bits per heavy atom. The number of nitrogens with one attached hydrogen (secondary N) is 2. The second kappa shape index (κ2) is 8.74. The monoisotopic (exact) mass is 420 g/mol. The molecule has 4 rings (SSSR count). The molecule has 2 bridgehead atoms. The van der Waals surface area contributed by atoms with Gasteiger partial charge in [-0.2, -0.15) is 0 Å². The number of rotatable bonds is 8. The van der Waals surface area contributed by atoms with E-state index in [0.29, 0.717) is 17.5 Å². The summed E-state index contributed by atoms with van der Waals surface area (Å²) < 4.78 is 34.0. The third kappa shape index (κ3) is 5.01. The molecule has 1 amide bonds. The summed E-state index contributed by atoms with van der Waals surface area (Å²) in [5.74, 6) is 1.69. The average molecular weight is 421 g/mol. The molecule has 29 heavy (non-hydrogen) atoms. The van der Waals surface area contributed by atoms with E-state index in [4.69, 9.17) is 4.74 Å². The van der Waals surface area contributed by atoms with Crippen LogP contribution in [0.3, 0.4) is 0 Å². The van der Waals surface area contributed by atoms with Crippen LogP contribution in [0.5, 0.6) is 0 Å². The van der Waals surface area contributed by atoms with Gasteiger partial charge in [-0.1, -0.05) is 19.3 Å². The fourth-order valence-electron chi connectivity index (χ4n) is 5.47. The molecule has 3 aliphatic rings. The first-order chi connectivity index (χ1) is 13.9. The highest BCUT2D eigenvalue weighted by Crippen LogP contribution is 2.49. The molecule has 3 aliphatic carbocycles. The molecule has 0 heterocycles. The van der Waals surface area contributed by atoms with Crippen molar-refractivity contribution in [2.75, 3.05) is 11.9 Å². The van der Waals surface area contributed by atoms with Gasteiger partial charge in [0, 0.05) is 11.7 Å². The van der Waals surface area contributed by atoms with Gasteiger partial charge in [0.25, 0.3) is 0 Å². The van der Waals surface area contributed by atoms with E-state index in [1.807, 2.05) is 6.92 Å². The summed E-state index contributed by atoms with van der Waals surface area (Å²) in [6.07, 6.45) is 9.50. The van der Waals surface area contributed by atoms with Crippen LogP contribution in [0.4, 0.5) is 5.69 Å². The van der Waals surface area contributed by atoms with Crippen molar-refractivity contribution < 1.29 is 17.9 Å². The molecule has 4 atom stereocenters. The Hall–Kier alpha value is -1.44. The molecule has 6 nitrogen and oxygen atoms in total. The van der Waals surface area contributed by atoms with Gasteiger partial charge in [-0.3, -0.25) is 4.79 Å². The van der Waals surface area contributed by atoms with Crippen LogP contribution in [0.2, 0.25) is 0 Å². The van der Waals surface area contributed by atoms with Crippen LogP contribution in [0.15, 0.2) is 29.2 Å². The minimum atomic E-state index is -3.57. The summed E-state index contributed by atoms with van der Waals surface area (Å²) in [5.41, 5.74) is 0.574. The highest BCUT2D eigenvalue weighted by Gasteiger charge is 2.42. The van der Waals surface area contributed by atoms with Gasteiger partial charge in [-0.15, -0.1) is 0 Å². The van der Waals surface area contributed by atoms with Gasteiger partial charge < -0.3 is 10.1 Å². The minimum Gasteiger partial charge on any atom is -0.368 e. The Labute approximate surface area is 173 Å². The molecule has 0 aromatic heterocycles. The van der Waals surface area contributed by atoms with Gasteiger partial charge in [0.15, 0.2) is 0 Å². The molecular weight excluding hydrogens is 388 g/mol. The van der Waals surface area contributed by atoms with Crippen molar-refractivity contribution in [1.82, 2.24) is 4.72 Å². The molecule has 3 fully saturated rings. The summed E-state index contributed by atoms with van der Waals surface area (Å²) in [6.45, 7) is 2.02. The number of hydrogen-bond acceptors (Lipinski definition) is 4. The van der Waals surface area contributed by atoms with Gasteiger partial charge in [0.1, 0.15) is 6.61 Å². The largest absolute Gasteiger partial charge is 0.368 e. The Morgan fingerprint density at radius 1 is 1.10 bits per heavy atom. The van der Waals surface area contributed by atoms with E-state index in [-0.39, 0.29) is 29.6 Å². The summed E-state index contributed by atoms with van der Waals surface area (Å²) in [5, 5.41) is 2.77. The normalized spacial score (nSPS) is 28.0. The molecule has 2 N–H and O–H groups in total. The fourth-order valence-corrected chi connectivity index (χ4v) is 6.76. The first-order valence-corrected chi connectivity index (χ1v) is 12.4. The van der Waals surface area contributed by atoms with E-state index in [9.17, 15) is 13.2 Å². The maximum atomic E-state index is 12.8. The van der Waals surface area contributed by atoms with Crippen molar-refractivity contribution in [3.63, 3.8) is 0 Å². The molecule has 1 aromatic rings. The molecule has 0 unspecified atom stereocenters. The molecule has 0 saturated heterocycles. The van der Waals surface area contributed by atoms with Crippen LogP contribution in [0.1, 0.15) is 58.3 Å². The first-order valence-electron chi connectivity index (χ1n) is 10.9. The Morgan fingerprint density at radius 3 is 2.45 bits per heavy atom. The van der Waals surface area contributed by atoms with Crippen molar-refractivity contribution in [2.24, 2.45) is 17.8 Å². The van der Waals surface area contributed by atoms with Crippen LogP contribution < -0.4 is 10.0 Å². The number of hydrogen-bond donors (Lipinski definition) is 2. The van der Waals surface area contributed by atoms with Crippen LogP contribution in [0, 0.1) is 17.8 Å². The zero-order valence-corrected chi connectivity index (χ0v) is 17.9. The molecule has 0 aliphatic heterocycles. The number of benzene rings is 1. The topological polar surface area (TPSA) is 84.5 Å². The van der Waals surface area contributed by atoms with Gasteiger partial charge in [0.2, 0.25) is 15.9 Å². The molecule has 160 valence electrons. The van der Waals surface area contributed by atoms with Crippen molar-refractivity contribution >= 4 is 21.6 Å². The summed E-state index contributed by atoms with van der Waals surface area (Å²) >= 11 is 0. The minimum absolute atomic E-state index is 0.0351. The SMILES string of the molecule is C[C@@H](NS(=O)(=O)c1ccc(NC(=O)COC2CCCC2)cc1)[C@@H]1C[C@H]2CC[C@H]1C2. The summed E-state index contributed by atoms with van der Waals surface area (Å²) in [7, 11) is -3.57. The third-order valence-electron chi connectivity index (χ3n) is 6.98. The zero-order valence-electron chi connectivity index (χ0n) is 17.1. The lowest BCUT2D eigenvalue weighted by Gasteiger charge is -2.28. The smallest absolute Gasteiger partial charge is 0.250 e. The number of fused-ring (bicyclic) bond motifs is 2. The number of anilines is 1. The van der Waals surface area contributed by atoms with E-state index >= 15 is 0 Å². The Balaban J connectivity index is 1.29. The zero-order chi connectivity index (χ0) is 20.4. The van der Waals surface area contributed by atoms with Crippen LogP contribution in [-0.4, -0.2) is 33.1 Å². The van der Waals surface area contributed by atoms with E-state index in [1.165, 1.54) is 19.3 Å². The lowest BCUT2D eigenvalue weighted by molar-refractivity contribution is -0.122. The highest BCUT2D eigenvalue weighted by atomic mass is 32.2. The third-order valence-corrected chi connectivity index (χ3v) is 8.55. The van der Waals surface area contributed by atoms with Crippen molar-refractivity contribution in [3.05, 3.63) is 24.3 Å². The predicted octanol–water partition coefficient (Wildman–Crippen LogP) is 3.69. The summed E-state index contributed by atoms with van der Waals surface area (Å²) in [6, 6.07) is 6.29. The average Bonchev–Trinajstić information content (AvgIpc) is 3.44. The predicted molar refractivity (Wildman–Crippen MR) is 112 cm³/mol. The molecule has 1 aromatic carbocycles. The fraction of sp³-hybridized carbons (Fsp3) is 0.682. The number of carbonyl (C=O) groups excluding carboxylic acids is 1. The molecule has 0 radical (unpaired) electrons. The Kier molecular flexibility index (Phi) is 6.27. The second-order valence-electron chi connectivity index (χ2n) is 9.04. The highest BCUT2D eigenvalue weighted by molar-refractivity contribution is 7.89. The molecular formula is C22H32N2O4S. The quantitative estimate of drug-likeness (QED) is 0.672. The number of ether oxygens (including phenoxy) is 1. The van der Waals surface area contributed by atoms with E-state index in [0.717, 1.165) is 38.0 Å². The molecule has 7 heteroatoms. The standard InChI is InChI=1S/C22H32N2O4S/c1-15(21-13-16-6-7-17(21)12-16)24-29(26,27)20-10-8-18(9-11-20)23-22(25)14-28-19-4-2-3-5-19/h8-11,15-17,19,21,24H,2-7,12-14H2,1H3,(H,23,25)/t15-,16+,17+,21+/m1/s1. The second-order valence-corrected chi connectivity index (χ2v) is 10.8. The van der Waals surface area contributed by atoms with Crippen LogP contribution in [-0.2, 0) is 19.6 Å². The van der Waals surface area contributed by atoms with Crippen LogP contribution in [0.25, 0.3) is 0 Å². The lowest BCUT2D eigenvalue weighted by Crippen LogP contribution is -2.40. The summed E-state index contributed by atoms with van der Waals surface area (Å²) in [4.78, 5) is 12.3.